The highest BCUT2D eigenvalue weighted by atomic mass is 35.5. The van der Waals surface area contributed by atoms with Gasteiger partial charge in [0.15, 0.2) is 0 Å². The standard InChI is InChI=1S/C14H18ClN5O/c1-8-12(9(2)19-18-8)7-16-14-17-13(20-21-14)10-4-3-5-11(15)6-10/h3-6,8-9,12,18-19H,7H2,1-2H3,(H,16,17,20). The van der Waals surface area contributed by atoms with E-state index < -0.39 is 0 Å². The molecule has 3 rings (SSSR count). The molecule has 2 aromatic rings. The van der Waals surface area contributed by atoms with Crippen molar-refractivity contribution in [1.82, 2.24) is 21.0 Å². The molecule has 3 N–H and O–H groups in total. The maximum Gasteiger partial charge on any atom is 0.321 e. The summed E-state index contributed by atoms with van der Waals surface area (Å²) in [4.78, 5) is 4.34. The fraction of sp³-hybridized carbons (Fsp3) is 0.429. The van der Waals surface area contributed by atoms with Gasteiger partial charge in [-0.2, -0.15) is 4.98 Å². The fourth-order valence-electron chi connectivity index (χ4n) is 2.51. The highest BCUT2D eigenvalue weighted by Crippen LogP contribution is 2.22. The van der Waals surface area contributed by atoms with Gasteiger partial charge in [0.25, 0.3) is 0 Å². The Hall–Kier alpha value is -1.63. The van der Waals surface area contributed by atoms with E-state index in [-0.39, 0.29) is 0 Å². The summed E-state index contributed by atoms with van der Waals surface area (Å²) in [6, 6.07) is 8.59. The van der Waals surface area contributed by atoms with E-state index >= 15 is 0 Å². The molecule has 0 spiro atoms. The molecule has 0 aliphatic carbocycles. The van der Waals surface area contributed by atoms with Crippen molar-refractivity contribution >= 4 is 17.6 Å². The first-order valence-corrected chi connectivity index (χ1v) is 7.36. The minimum atomic E-state index is 0.392. The number of aromatic nitrogens is 2. The van der Waals surface area contributed by atoms with Crippen molar-refractivity contribution in [1.29, 1.82) is 0 Å². The lowest BCUT2D eigenvalue weighted by atomic mass is 9.97. The molecule has 6 nitrogen and oxygen atoms in total. The number of nitrogens with one attached hydrogen (secondary N) is 3. The maximum atomic E-state index is 5.97. The molecule has 0 radical (unpaired) electrons. The Labute approximate surface area is 128 Å². The molecular formula is C14H18ClN5O. The molecule has 21 heavy (non-hydrogen) atoms. The lowest BCUT2D eigenvalue weighted by Crippen LogP contribution is -2.30. The van der Waals surface area contributed by atoms with Gasteiger partial charge in [-0.1, -0.05) is 28.9 Å². The van der Waals surface area contributed by atoms with Crippen molar-refractivity contribution in [3.63, 3.8) is 0 Å². The molecule has 1 aliphatic heterocycles. The van der Waals surface area contributed by atoms with Gasteiger partial charge in [-0.15, -0.1) is 0 Å². The second-order valence-corrected chi connectivity index (χ2v) is 5.78. The topological polar surface area (TPSA) is 75.0 Å². The predicted molar refractivity (Wildman–Crippen MR) is 81.9 cm³/mol. The largest absolute Gasteiger partial charge is 0.337 e. The van der Waals surface area contributed by atoms with Crippen molar-refractivity contribution in [3.05, 3.63) is 29.3 Å². The van der Waals surface area contributed by atoms with Crippen LogP contribution in [-0.2, 0) is 0 Å². The van der Waals surface area contributed by atoms with Gasteiger partial charge < -0.3 is 9.84 Å². The molecule has 0 saturated carbocycles. The Kier molecular flexibility index (Phi) is 4.10. The average molecular weight is 308 g/mol. The summed E-state index contributed by atoms with van der Waals surface area (Å²) in [7, 11) is 0. The number of halogens is 1. The molecule has 1 aliphatic rings. The van der Waals surface area contributed by atoms with Gasteiger partial charge >= 0.3 is 6.01 Å². The summed E-state index contributed by atoms with van der Waals surface area (Å²) in [6.45, 7) is 5.06. The van der Waals surface area contributed by atoms with E-state index in [1.165, 1.54) is 0 Å². The molecule has 112 valence electrons. The second-order valence-electron chi connectivity index (χ2n) is 5.34. The summed E-state index contributed by atoms with van der Waals surface area (Å²) in [5.74, 6) is 0.982. The number of hydrogen-bond donors (Lipinski definition) is 3. The first kappa shape index (κ1) is 14.3. The van der Waals surface area contributed by atoms with Crippen LogP contribution in [0.25, 0.3) is 11.4 Å². The quantitative estimate of drug-likeness (QED) is 0.805. The Morgan fingerprint density at radius 1 is 1.29 bits per heavy atom. The van der Waals surface area contributed by atoms with Crippen LogP contribution in [0.5, 0.6) is 0 Å². The summed E-state index contributed by atoms with van der Waals surface area (Å²) in [5, 5.41) is 7.82. The number of anilines is 1. The lowest BCUT2D eigenvalue weighted by molar-refractivity contribution is 0.418. The number of hydrazine groups is 1. The van der Waals surface area contributed by atoms with Gasteiger partial charge in [0.05, 0.1) is 0 Å². The van der Waals surface area contributed by atoms with Crippen LogP contribution in [0.1, 0.15) is 13.8 Å². The van der Waals surface area contributed by atoms with E-state index in [1.807, 2.05) is 24.3 Å². The Balaban J connectivity index is 1.65. The summed E-state index contributed by atoms with van der Waals surface area (Å²) in [5.41, 5.74) is 7.28. The lowest BCUT2D eigenvalue weighted by Gasteiger charge is -2.17. The van der Waals surface area contributed by atoms with E-state index in [0.29, 0.717) is 34.9 Å². The van der Waals surface area contributed by atoms with Crippen molar-refractivity contribution in [2.45, 2.75) is 25.9 Å². The van der Waals surface area contributed by atoms with Crippen molar-refractivity contribution in [2.75, 3.05) is 11.9 Å². The Bertz CT molecular complexity index is 607. The van der Waals surface area contributed by atoms with Crippen LogP contribution in [0.15, 0.2) is 28.8 Å². The monoisotopic (exact) mass is 307 g/mol. The van der Waals surface area contributed by atoms with Gasteiger partial charge in [-0.25, -0.2) is 0 Å². The van der Waals surface area contributed by atoms with E-state index in [9.17, 15) is 0 Å². The van der Waals surface area contributed by atoms with Gasteiger partial charge in [0.2, 0.25) is 5.82 Å². The van der Waals surface area contributed by atoms with Crippen LogP contribution in [0.4, 0.5) is 6.01 Å². The molecule has 0 bridgehead atoms. The van der Waals surface area contributed by atoms with Crippen molar-refractivity contribution in [2.24, 2.45) is 5.92 Å². The third-order valence-electron chi connectivity index (χ3n) is 3.82. The first-order chi connectivity index (χ1) is 10.1. The van der Waals surface area contributed by atoms with Gasteiger partial charge in [0.1, 0.15) is 0 Å². The SMILES string of the molecule is CC1NNC(C)C1CNc1nc(-c2cccc(Cl)c2)no1. The normalized spacial score (nSPS) is 25.2. The van der Waals surface area contributed by atoms with Crippen LogP contribution in [0.3, 0.4) is 0 Å². The minimum absolute atomic E-state index is 0.392. The zero-order chi connectivity index (χ0) is 14.8. The molecule has 1 aromatic heterocycles. The van der Waals surface area contributed by atoms with Gasteiger partial charge in [-0.05, 0) is 26.0 Å². The number of rotatable bonds is 4. The maximum absolute atomic E-state index is 5.97. The molecular weight excluding hydrogens is 290 g/mol. The van der Waals surface area contributed by atoms with Crippen LogP contribution in [-0.4, -0.2) is 28.8 Å². The predicted octanol–water partition coefficient (Wildman–Crippen LogP) is 2.30. The fourth-order valence-corrected chi connectivity index (χ4v) is 2.70. The molecule has 2 atom stereocenters. The van der Waals surface area contributed by atoms with Crippen LogP contribution in [0.2, 0.25) is 5.02 Å². The Morgan fingerprint density at radius 2 is 2.05 bits per heavy atom. The van der Waals surface area contributed by atoms with E-state index in [4.69, 9.17) is 16.1 Å². The third-order valence-corrected chi connectivity index (χ3v) is 4.06. The molecule has 1 fully saturated rings. The summed E-state index contributed by atoms with van der Waals surface area (Å²) >= 11 is 5.97. The number of benzene rings is 1. The summed E-state index contributed by atoms with van der Waals surface area (Å²) < 4.78 is 5.23. The zero-order valence-electron chi connectivity index (χ0n) is 11.9. The Morgan fingerprint density at radius 3 is 2.76 bits per heavy atom. The van der Waals surface area contributed by atoms with Crippen LogP contribution in [0, 0.1) is 5.92 Å². The van der Waals surface area contributed by atoms with Gasteiger partial charge in [-0.3, -0.25) is 10.9 Å². The van der Waals surface area contributed by atoms with Crippen LogP contribution < -0.4 is 16.2 Å². The van der Waals surface area contributed by atoms with E-state index in [0.717, 1.165) is 12.1 Å². The third kappa shape index (κ3) is 3.18. The molecule has 0 amide bonds. The molecule has 1 saturated heterocycles. The average Bonchev–Trinajstić information content (AvgIpc) is 3.05. The molecule has 7 heteroatoms. The van der Waals surface area contributed by atoms with E-state index in [1.54, 1.807) is 0 Å². The zero-order valence-corrected chi connectivity index (χ0v) is 12.7. The second kappa shape index (κ2) is 6.01. The highest BCUT2D eigenvalue weighted by Gasteiger charge is 2.29. The molecule has 1 aromatic carbocycles. The summed E-state index contributed by atoms with van der Waals surface area (Å²) in [6.07, 6.45) is 0. The van der Waals surface area contributed by atoms with E-state index in [2.05, 4.69) is 40.2 Å². The highest BCUT2D eigenvalue weighted by molar-refractivity contribution is 6.30. The number of nitrogens with zero attached hydrogens (tertiary/aromatic N) is 2. The van der Waals surface area contributed by atoms with Gasteiger partial charge in [0, 0.05) is 35.1 Å². The smallest absolute Gasteiger partial charge is 0.321 e. The molecule has 2 heterocycles. The first-order valence-electron chi connectivity index (χ1n) is 6.98. The number of hydrogen-bond acceptors (Lipinski definition) is 6. The minimum Gasteiger partial charge on any atom is -0.337 e. The van der Waals surface area contributed by atoms with Crippen LogP contribution >= 0.6 is 11.6 Å². The van der Waals surface area contributed by atoms with Crippen molar-refractivity contribution in [3.8, 4) is 11.4 Å². The van der Waals surface area contributed by atoms with Crippen molar-refractivity contribution < 1.29 is 4.52 Å². The molecule has 2 unspecified atom stereocenters.